The van der Waals surface area contributed by atoms with Crippen LogP contribution in [0.3, 0.4) is 0 Å². The molecule has 2 aromatic carbocycles. The van der Waals surface area contributed by atoms with Gasteiger partial charge in [0.1, 0.15) is 5.25 Å². The zero-order valence-electron chi connectivity index (χ0n) is 14.6. The molecule has 0 aliphatic rings. The molecule has 1 atom stereocenters. The molecular weight excluding hydrogens is 407 g/mol. The zero-order chi connectivity index (χ0) is 19.6. The van der Waals surface area contributed by atoms with E-state index in [2.05, 4.69) is 4.98 Å². The van der Waals surface area contributed by atoms with E-state index >= 15 is 0 Å². The molecule has 0 bridgehead atoms. The molecule has 0 amide bonds. The van der Waals surface area contributed by atoms with Crippen molar-refractivity contribution in [2.24, 2.45) is 0 Å². The Morgan fingerprint density at radius 1 is 1.22 bits per heavy atom. The Balaban J connectivity index is 2.19. The molecule has 0 radical (unpaired) electrons. The van der Waals surface area contributed by atoms with Crippen LogP contribution in [0.25, 0.3) is 16.6 Å². The van der Waals surface area contributed by atoms with Crippen LogP contribution in [0.15, 0.2) is 52.4 Å². The summed E-state index contributed by atoms with van der Waals surface area (Å²) >= 11 is 13.3. The van der Waals surface area contributed by atoms with E-state index in [1.165, 1.54) is 4.57 Å². The number of halogens is 2. The molecule has 0 saturated carbocycles. The Morgan fingerprint density at radius 2 is 1.96 bits per heavy atom. The smallest absolute Gasteiger partial charge is 0.319 e. The first kappa shape index (κ1) is 19.7. The van der Waals surface area contributed by atoms with Gasteiger partial charge in [-0.2, -0.15) is 0 Å². The number of thioether (sulfide) groups is 1. The summed E-state index contributed by atoms with van der Waals surface area (Å²) in [7, 11) is 0. The molecule has 0 spiro atoms. The average Bonchev–Trinajstić information content (AvgIpc) is 2.65. The Kier molecular flexibility index (Phi) is 6.09. The van der Waals surface area contributed by atoms with Crippen LogP contribution < -0.4 is 5.56 Å². The van der Waals surface area contributed by atoms with E-state index in [1.807, 2.05) is 6.07 Å². The van der Waals surface area contributed by atoms with Crippen molar-refractivity contribution in [3.63, 3.8) is 0 Å². The van der Waals surface area contributed by atoms with Gasteiger partial charge in [-0.15, -0.1) is 0 Å². The summed E-state index contributed by atoms with van der Waals surface area (Å²) < 4.78 is 6.50. The molecule has 1 aromatic heterocycles. The Bertz CT molecular complexity index is 1070. The normalized spacial score (nSPS) is 12.1. The Hall–Kier alpha value is -2.02. The molecule has 0 aliphatic carbocycles. The fraction of sp³-hybridized carbons (Fsp3) is 0.211. The van der Waals surface area contributed by atoms with Crippen LogP contribution in [0.1, 0.15) is 13.8 Å². The second-order valence-electron chi connectivity index (χ2n) is 5.66. The highest BCUT2D eigenvalue weighted by atomic mass is 35.5. The van der Waals surface area contributed by atoms with E-state index in [1.54, 1.807) is 50.2 Å². The highest BCUT2D eigenvalue weighted by Crippen LogP contribution is 2.29. The summed E-state index contributed by atoms with van der Waals surface area (Å²) in [5.74, 6) is -0.370. The minimum Gasteiger partial charge on any atom is -0.465 e. The molecule has 5 nitrogen and oxygen atoms in total. The number of hydrogen-bond acceptors (Lipinski definition) is 5. The van der Waals surface area contributed by atoms with Crippen molar-refractivity contribution in [2.75, 3.05) is 6.61 Å². The number of carbonyl (C=O) groups is 1. The number of benzene rings is 2. The van der Waals surface area contributed by atoms with Crippen LogP contribution in [-0.2, 0) is 9.53 Å². The van der Waals surface area contributed by atoms with Crippen LogP contribution in [0, 0.1) is 0 Å². The number of rotatable bonds is 5. The first-order valence-electron chi connectivity index (χ1n) is 8.23. The highest BCUT2D eigenvalue weighted by Gasteiger charge is 2.21. The third-order valence-electron chi connectivity index (χ3n) is 3.81. The van der Waals surface area contributed by atoms with Gasteiger partial charge in [-0.1, -0.05) is 47.1 Å². The summed E-state index contributed by atoms with van der Waals surface area (Å²) in [6.07, 6.45) is 0. The lowest BCUT2D eigenvalue weighted by molar-refractivity contribution is -0.142. The van der Waals surface area contributed by atoms with E-state index in [9.17, 15) is 9.59 Å². The summed E-state index contributed by atoms with van der Waals surface area (Å²) in [6, 6.07) is 12.0. The van der Waals surface area contributed by atoms with Crippen LogP contribution in [0.2, 0.25) is 10.0 Å². The second-order valence-corrected chi connectivity index (χ2v) is 7.78. The zero-order valence-corrected chi connectivity index (χ0v) is 16.9. The summed E-state index contributed by atoms with van der Waals surface area (Å²) in [5, 5.41) is 1.02. The summed E-state index contributed by atoms with van der Waals surface area (Å²) in [6.45, 7) is 3.74. The van der Waals surface area contributed by atoms with Gasteiger partial charge in [-0.25, -0.2) is 4.98 Å². The number of esters is 1. The maximum atomic E-state index is 13.1. The number of carbonyl (C=O) groups excluding carboxylic acids is 1. The third kappa shape index (κ3) is 4.13. The molecule has 1 heterocycles. The molecule has 0 saturated heterocycles. The molecule has 3 rings (SSSR count). The molecule has 3 aromatic rings. The molecule has 0 aliphatic heterocycles. The van der Waals surface area contributed by atoms with Gasteiger partial charge in [0.15, 0.2) is 5.16 Å². The number of ether oxygens (including phenoxy) is 1. The topological polar surface area (TPSA) is 61.2 Å². The van der Waals surface area contributed by atoms with E-state index in [4.69, 9.17) is 27.9 Å². The van der Waals surface area contributed by atoms with Gasteiger partial charge in [0.25, 0.3) is 5.56 Å². The second kappa shape index (κ2) is 8.33. The van der Waals surface area contributed by atoms with Gasteiger partial charge in [0.05, 0.1) is 33.2 Å². The maximum Gasteiger partial charge on any atom is 0.319 e. The van der Waals surface area contributed by atoms with Gasteiger partial charge >= 0.3 is 5.97 Å². The third-order valence-corrected chi connectivity index (χ3v) is 5.58. The van der Waals surface area contributed by atoms with E-state index < -0.39 is 5.25 Å². The number of para-hydroxylation sites is 1. The average molecular weight is 423 g/mol. The number of aromatic nitrogens is 2. The molecule has 0 unspecified atom stereocenters. The first-order chi connectivity index (χ1) is 12.9. The van der Waals surface area contributed by atoms with E-state index in [-0.39, 0.29) is 18.1 Å². The maximum absolute atomic E-state index is 13.1. The minimum atomic E-state index is -0.535. The monoisotopic (exact) mass is 422 g/mol. The molecule has 140 valence electrons. The van der Waals surface area contributed by atoms with Crippen molar-refractivity contribution < 1.29 is 9.53 Å². The fourth-order valence-electron chi connectivity index (χ4n) is 2.51. The van der Waals surface area contributed by atoms with Crippen LogP contribution >= 0.6 is 35.0 Å². The summed E-state index contributed by atoms with van der Waals surface area (Å²) in [4.78, 5) is 29.8. The van der Waals surface area contributed by atoms with Crippen molar-refractivity contribution in [2.45, 2.75) is 24.3 Å². The number of nitrogens with zero attached hydrogens (tertiary/aromatic N) is 2. The van der Waals surface area contributed by atoms with E-state index in [0.29, 0.717) is 31.8 Å². The van der Waals surface area contributed by atoms with Gasteiger partial charge in [-0.3, -0.25) is 14.2 Å². The SMILES string of the molecule is CCOC(=O)[C@@H](C)Sc1nc2ccccc2c(=O)n1-c1ccc(Cl)c(Cl)c1. The van der Waals surface area contributed by atoms with Crippen molar-refractivity contribution in [3.05, 3.63) is 62.9 Å². The first-order valence-corrected chi connectivity index (χ1v) is 9.86. The Morgan fingerprint density at radius 3 is 2.67 bits per heavy atom. The number of fused-ring (bicyclic) bond motifs is 1. The minimum absolute atomic E-state index is 0.252. The van der Waals surface area contributed by atoms with Gasteiger partial charge in [0, 0.05) is 0 Å². The van der Waals surface area contributed by atoms with Crippen molar-refractivity contribution >= 4 is 51.8 Å². The van der Waals surface area contributed by atoms with Gasteiger partial charge in [-0.05, 0) is 44.2 Å². The molecule has 0 N–H and O–H groups in total. The summed E-state index contributed by atoms with van der Waals surface area (Å²) in [5.41, 5.74) is 0.820. The van der Waals surface area contributed by atoms with Crippen molar-refractivity contribution in [1.82, 2.24) is 9.55 Å². The lowest BCUT2D eigenvalue weighted by Crippen LogP contribution is -2.24. The van der Waals surface area contributed by atoms with Crippen molar-refractivity contribution in [3.8, 4) is 5.69 Å². The fourth-order valence-corrected chi connectivity index (χ4v) is 3.73. The number of hydrogen-bond donors (Lipinski definition) is 0. The standard InChI is InChI=1S/C19H16Cl2N2O3S/c1-3-26-18(25)11(2)27-19-22-16-7-5-4-6-13(16)17(24)23(19)12-8-9-14(20)15(21)10-12/h4-11H,3H2,1-2H3/t11-/m1/s1. The van der Waals surface area contributed by atoms with Crippen molar-refractivity contribution in [1.29, 1.82) is 0 Å². The van der Waals surface area contributed by atoms with Crippen LogP contribution in [0.4, 0.5) is 0 Å². The predicted molar refractivity (Wildman–Crippen MR) is 109 cm³/mol. The molecule has 8 heteroatoms. The molecule has 27 heavy (non-hydrogen) atoms. The quantitative estimate of drug-likeness (QED) is 0.337. The van der Waals surface area contributed by atoms with E-state index in [0.717, 1.165) is 11.8 Å². The largest absolute Gasteiger partial charge is 0.465 e. The molecular formula is C19H16Cl2N2O3S. The van der Waals surface area contributed by atoms with Crippen LogP contribution in [-0.4, -0.2) is 27.4 Å². The Labute approximate surface area is 170 Å². The predicted octanol–water partition coefficient (Wildman–Crippen LogP) is 4.74. The van der Waals surface area contributed by atoms with Crippen LogP contribution in [0.5, 0.6) is 0 Å². The highest BCUT2D eigenvalue weighted by molar-refractivity contribution is 8.00. The lowest BCUT2D eigenvalue weighted by atomic mass is 10.2. The van der Waals surface area contributed by atoms with Gasteiger partial charge < -0.3 is 4.74 Å². The molecule has 0 fully saturated rings. The van der Waals surface area contributed by atoms with Gasteiger partial charge in [0.2, 0.25) is 0 Å². The lowest BCUT2D eigenvalue weighted by Gasteiger charge is -2.16.